The van der Waals surface area contributed by atoms with Crippen LogP contribution in [-0.4, -0.2) is 30.9 Å². The lowest BCUT2D eigenvalue weighted by Crippen LogP contribution is -2.58. The fourth-order valence-electron chi connectivity index (χ4n) is 9.18. The Labute approximate surface area is 211 Å². The van der Waals surface area contributed by atoms with E-state index in [-0.39, 0.29) is 40.7 Å². The summed E-state index contributed by atoms with van der Waals surface area (Å²) in [5.41, 5.74) is 1.24. The predicted octanol–water partition coefficient (Wildman–Crippen LogP) is 6.29. The van der Waals surface area contributed by atoms with E-state index in [0.29, 0.717) is 42.3 Å². The van der Waals surface area contributed by atoms with Gasteiger partial charge in [-0.05, 0) is 104 Å². The number of carbonyl (C=O) groups is 3. The van der Waals surface area contributed by atoms with E-state index in [1.54, 1.807) is 0 Å². The highest BCUT2D eigenvalue weighted by Gasteiger charge is 2.64. The minimum absolute atomic E-state index is 0.0693. The Bertz CT molecular complexity index is 876. The Morgan fingerprint density at radius 2 is 1.74 bits per heavy atom. The molecular weight excluding hydrogens is 440 g/mol. The highest BCUT2D eigenvalue weighted by molar-refractivity contribution is 5.99. The van der Waals surface area contributed by atoms with Crippen LogP contribution in [0.4, 0.5) is 0 Å². The number of Topliss-reactive ketones (excluding diaryl/α,β-unsaturated/α-hetero) is 1. The first-order chi connectivity index (χ1) is 16.6. The smallest absolute Gasteiger partial charge is 0.305 e. The van der Waals surface area contributed by atoms with Crippen LogP contribution in [-0.2, 0) is 23.9 Å². The maximum Gasteiger partial charge on any atom is 0.305 e. The minimum atomic E-state index is -0.132. The third-order valence-electron chi connectivity index (χ3n) is 11.1. The fraction of sp³-hybridized carbons (Fsp3) is 0.833. The molecule has 0 spiro atoms. The number of rotatable bonds is 6. The Hall–Kier alpha value is -1.65. The number of methoxy groups -OCH3 is 1. The molecule has 0 bridgehead atoms. The molecule has 0 aromatic heterocycles. The molecule has 0 aromatic carbocycles. The van der Waals surface area contributed by atoms with Crippen molar-refractivity contribution in [2.24, 2.45) is 46.3 Å². The average molecular weight is 487 g/mol. The molecule has 0 aromatic rings. The summed E-state index contributed by atoms with van der Waals surface area (Å²) in [6.07, 6.45) is 11.0. The van der Waals surface area contributed by atoms with Crippen molar-refractivity contribution in [2.45, 2.75) is 105 Å². The van der Waals surface area contributed by atoms with Crippen molar-refractivity contribution in [1.29, 1.82) is 0 Å². The number of hydrogen-bond acceptors (Lipinski definition) is 5. The molecule has 196 valence electrons. The van der Waals surface area contributed by atoms with Crippen molar-refractivity contribution in [2.75, 3.05) is 7.11 Å². The second kappa shape index (κ2) is 10.0. The Morgan fingerprint density at radius 1 is 1.06 bits per heavy atom. The molecule has 0 N–H and O–H groups in total. The van der Waals surface area contributed by atoms with Gasteiger partial charge in [-0.25, -0.2) is 0 Å². The molecule has 0 aliphatic heterocycles. The first kappa shape index (κ1) is 26.4. The zero-order valence-electron chi connectivity index (χ0n) is 22.7. The van der Waals surface area contributed by atoms with E-state index in [2.05, 4.69) is 26.8 Å². The van der Waals surface area contributed by atoms with Crippen LogP contribution in [0.1, 0.15) is 98.8 Å². The average Bonchev–Trinajstić information content (AvgIpc) is 3.20. The summed E-state index contributed by atoms with van der Waals surface area (Å²) in [6, 6.07) is 0. The van der Waals surface area contributed by atoms with E-state index in [1.165, 1.54) is 13.5 Å². The molecule has 0 amide bonds. The van der Waals surface area contributed by atoms with Gasteiger partial charge in [0.15, 0.2) is 5.78 Å². The number of hydrogen-bond donors (Lipinski definition) is 0. The lowest BCUT2D eigenvalue weighted by atomic mass is 9.43. The highest BCUT2D eigenvalue weighted by Crippen LogP contribution is 2.68. The van der Waals surface area contributed by atoms with Gasteiger partial charge in [0.2, 0.25) is 0 Å². The SMILES string of the molecule is CC=C1C(=O)[C@@H]2[C@H](CC[C@]3(C)[C@@H]([C@H](C)CCC(=O)OC)CC[C@@H]23)[C@@]2(C)CC[C@@H](OC(=O)CC)C[C@@H]12. The molecule has 0 saturated heterocycles. The van der Waals surface area contributed by atoms with E-state index >= 15 is 0 Å². The van der Waals surface area contributed by atoms with Crippen molar-refractivity contribution in [3.8, 4) is 0 Å². The second-order valence-corrected chi connectivity index (χ2v) is 12.5. The van der Waals surface area contributed by atoms with Crippen LogP contribution >= 0.6 is 0 Å². The van der Waals surface area contributed by atoms with E-state index in [4.69, 9.17) is 9.47 Å². The molecule has 4 saturated carbocycles. The molecule has 5 nitrogen and oxygen atoms in total. The summed E-state index contributed by atoms with van der Waals surface area (Å²) in [5.74, 6) is 2.24. The standard InChI is InChI=1S/C30H46O5/c1-7-20-24-17-19(35-25(31)8-2)13-15-30(24,5)23-14-16-29(4)21(18(3)9-12-26(32)34-6)10-11-22(29)27(23)28(20)33/h7,18-19,21-24,27H,8-17H2,1-6H3/t18-,19-,21-,22+,23+,24+,27+,29-,30-/m1/s1. The molecule has 0 unspecified atom stereocenters. The Balaban J connectivity index is 1.57. The van der Waals surface area contributed by atoms with Crippen molar-refractivity contribution in [3.63, 3.8) is 0 Å². The zero-order chi connectivity index (χ0) is 25.5. The summed E-state index contributed by atoms with van der Waals surface area (Å²) in [4.78, 5) is 37.9. The Morgan fingerprint density at radius 3 is 2.40 bits per heavy atom. The maximum atomic E-state index is 14.2. The zero-order valence-corrected chi connectivity index (χ0v) is 22.7. The van der Waals surface area contributed by atoms with Gasteiger partial charge in [-0.15, -0.1) is 0 Å². The summed E-state index contributed by atoms with van der Waals surface area (Å²) in [5, 5.41) is 0. The van der Waals surface area contributed by atoms with Crippen molar-refractivity contribution in [3.05, 3.63) is 11.6 Å². The van der Waals surface area contributed by atoms with Gasteiger partial charge in [-0.3, -0.25) is 14.4 Å². The van der Waals surface area contributed by atoms with Gasteiger partial charge in [-0.2, -0.15) is 0 Å². The third kappa shape index (κ3) is 4.39. The normalized spacial score (nSPS) is 42.6. The first-order valence-corrected chi connectivity index (χ1v) is 14.1. The highest BCUT2D eigenvalue weighted by atomic mass is 16.5. The Kier molecular flexibility index (Phi) is 7.56. The molecule has 4 aliphatic rings. The molecule has 9 atom stereocenters. The topological polar surface area (TPSA) is 69.7 Å². The van der Waals surface area contributed by atoms with Crippen molar-refractivity contribution in [1.82, 2.24) is 0 Å². The van der Waals surface area contributed by atoms with Gasteiger partial charge < -0.3 is 9.47 Å². The third-order valence-corrected chi connectivity index (χ3v) is 11.1. The molecule has 0 radical (unpaired) electrons. The summed E-state index contributed by atoms with van der Waals surface area (Å²) >= 11 is 0. The predicted molar refractivity (Wildman–Crippen MR) is 135 cm³/mol. The number of esters is 2. The van der Waals surface area contributed by atoms with E-state index in [0.717, 1.165) is 50.5 Å². The van der Waals surface area contributed by atoms with Crippen molar-refractivity contribution < 1.29 is 23.9 Å². The van der Waals surface area contributed by atoms with Gasteiger partial charge >= 0.3 is 11.9 Å². The number of ether oxygens (including phenoxy) is 2. The van der Waals surface area contributed by atoms with E-state index in [1.807, 2.05) is 13.8 Å². The van der Waals surface area contributed by atoms with Gasteiger partial charge in [0.1, 0.15) is 6.10 Å². The van der Waals surface area contributed by atoms with Crippen LogP contribution in [0.15, 0.2) is 11.6 Å². The lowest BCUT2D eigenvalue weighted by molar-refractivity contribution is -0.161. The van der Waals surface area contributed by atoms with Crippen LogP contribution in [0.25, 0.3) is 0 Å². The van der Waals surface area contributed by atoms with Gasteiger partial charge in [-0.1, -0.05) is 33.8 Å². The summed E-state index contributed by atoms with van der Waals surface area (Å²) in [7, 11) is 1.46. The largest absolute Gasteiger partial charge is 0.469 e. The van der Waals surface area contributed by atoms with Crippen LogP contribution in [0.3, 0.4) is 0 Å². The molecule has 4 fully saturated rings. The van der Waals surface area contributed by atoms with Crippen LogP contribution in [0.5, 0.6) is 0 Å². The van der Waals surface area contributed by atoms with Crippen LogP contribution < -0.4 is 0 Å². The quantitative estimate of drug-likeness (QED) is 0.326. The maximum absolute atomic E-state index is 14.2. The monoisotopic (exact) mass is 486 g/mol. The number of allylic oxidation sites excluding steroid dienone is 2. The lowest BCUT2D eigenvalue weighted by Gasteiger charge is -2.61. The number of fused-ring (bicyclic) bond motifs is 5. The molecular formula is C30H46O5. The fourth-order valence-corrected chi connectivity index (χ4v) is 9.18. The molecule has 4 aliphatic carbocycles. The molecule has 4 rings (SSSR count). The van der Waals surface area contributed by atoms with E-state index < -0.39 is 0 Å². The molecule has 35 heavy (non-hydrogen) atoms. The second-order valence-electron chi connectivity index (χ2n) is 12.5. The summed E-state index contributed by atoms with van der Waals surface area (Å²) in [6.45, 7) is 11.0. The van der Waals surface area contributed by atoms with Crippen LogP contribution in [0.2, 0.25) is 0 Å². The van der Waals surface area contributed by atoms with Gasteiger partial charge in [0.25, 0.3) is 0 Å². The van der Waals surface area contributed by atoms with Crippen LogP contribution in [0, 0.1) is 46.3 Å². The summed E-state index contributed by atoms with van der Waals surface area (Å²) < 4.78 is 10.6. The van der Waals surface area contributed by atoms with E-state index in [9.17, 15) is 14.4 Å². The minimum Gasteiger partial charge on any atom is -0.469 e. The molecule has 0 heterocycles. The number of carbonyl (C=O) groups excluding carboxylic acids is 3. The van der Waals surface area contributed by atoms with Gasteiger partial charge in [0, 0.05) is 18.8 Å². The number of ketones is 1. The van der Waals surface area contributed by atoms with Crippen molar-refractivity contribution >= 4 is 17.7 Å². The van der Waals surface area contributed by atoms with Gasteiger partial charge in [0.05, 0.1) is 7.11 Å². The first-order valence-electron chi connectivity index (χ1n) is 14.1. The molecule has 5 heteroatoms.